The molecule has 0 aliphatic carbocycles. The van der Waals surface area contributed by atoms with Crippen molar-refractivity contribution in [2.45, 2.75) is 25.8 Å². The average molecular weight is 492 g/mol. The molecule has 0 aromatic heterocycles. The van der Waals surface area contributed by atoms with Crippen LogP contribution in [0.1, 0.15) is 18.9 Å². The largest absolute Gasteiger partial charge is 0.494 e. The van der Waals surface area contributed by atoms with Gasteiger partial charge in [0.25, 0.3) is 5.91 Å². The van der Waals surface area contributed by atoms with E-state index in [1.165, 1.54) is 4.90 Å². The van der Waals surface area contributed by atoms with Crippen LogP contribution in [0.3, 0.4) is 0 Å². The number of hydrogen-bond acceptors (Lipinski definition) is 4. The molecule has 7 nitrogen and oxygen atoms in total. The van der Waals surface area contributed by atoms with Gasteiger partial charge in [-0.1, -0.05) is 41.9 Å². The number of rotatable bonds is 9. The number of urea groups is 1. The lowest BCUT2D eigenvalue weighted by Crippen LogP contribution is -2.39. The van der Waals surface area contributed by atoms with Gasteiger partial charge in [0, 0.05) is 17.3 Å². The van der Waals surface area contributed by atoms with E-state index in [9.17, 15) is 14.4 Å². The number of ether oxygens (including phenoxy) is 1. The predicted octanol–water partition coefficient (Wildman–Crippen LogP) is 5.15. The number of imide groups is 1. The molecule has 3 aromatic carbocycles. The van der Waals surface area contributed by atoms with Crippen LogP contribution in [-0.2, 0) is 16.0 Å². The summed E-state index contributed by atoms with van der Waals surface area (Å²) in [6.45, 7) is 2.73. The van der Waals surface area contributed by atoms with Crippen molar-refractivity contribution < 1.29 is 19.1 Å². The Morgan fingerprint density at radius 2 is 1.66 bits per heavy atom. The highest BCUT2D eigenvalue weighted by Crippen LogP contribution is 2.27. The molecule has 1 N–H and O–H groups in total. The molecule has 1 aliphatic heterocycles. The van der Waals surface area contributed by atoms with Gasteiger partial charge in [0.1, 0.15) is 11.8 Å². The van der Waals surface area contributed by atoms with Crippen LogP contribution in [0.15, 0.2) is 78.9 Å². The zero-order valence-electron chi connectivity index (χ0n) is 19.3. The van der Waals surface area contributed by atoms with E-state index < -0.39 is 18.0 Å². The van der Waals surface area contributed by atoms with Crippen LogP contribution in [0.4, 0.5) is 16.2 Å². The minimum Gasteiger partial charge on any atom is -0.494 e. The first kappa shape index (κ1) is 24.3. The van der Waals surface area contributed by atoms with Crippen molar-refractivity contribution >= 4 is 40.8 Å². The van der Waals surface area contributed by atoms with Crippen molar-refractivity contribution in [1.82, 2.24) is 4.90 Å². The molecule has 1 atom stereocenters. The molecule has 3 aromatic rings. The molecule has 4 amide bonds. The maximum absolute atomic E-state index is 13.3. The number of nitrogens with one attached hydrogen (secondary N) is 1. The van der Waals surface area contributed by atoms with Crippen LogP contribution in [0.5, 0.6) is 5.75 Å². The predicted molar refractivity (Wildman–Crippen MR) is 136 cm³/mol. The first-order valence-electron chi connectivity index (χ1n) is 11.4. The second-order valence-corrected chi connectivity index (χ2v) is 8.52. The molecule has 180 valence electrons. The molecular formula is C27H26ClN3O4. The van der Waals surface area contributed by atoms with Crippen LogP contribution in [0, 0.1) is 0 Å². The Kier molecular flexibility index (Phi) is 7.67. The van der Waals surface area contributed by atoms with Gasteiger partial charge in [-0.05, 0) is 67.4 Å². The number of benzene rings is 3. The number of carbonyl (C=O) groups excluding carboxylic acids is 3. The fourth-order valence-electron chi connectivity index (χ4n) is 3.99. The first-order valence-corrected chi connectivity index (χ1v) is 11.8. The van der Waals surface area contributed by atoms with Gasteiger partial charge in [0.2, 0.25) is 5.91 Å². The van der Waals surface area contributed by atoms with Gasteiger partial charge in [-0.15, -0.1) is 0 Å². The molecule has 0 radical (unpaired) electrons. The lowest BCUT2D eigenvalue weighted by Gasteiger charge is -2.21. The van der Waals surface area contributed by atoms with Crippen molar-refractivity contribution in [2.24, 2.45) is 0 Å². The quantitative estimate of drug-likeness (QED) is 0.420. The molecule has 0 bridgehead atoms. The Labute approximate surface area is 209 Å². The summed E-state index contributed by atoms with van der Waals surface area (Å²) >= 11 is 5.97. The number of para-hydroxylation sites is 1. The molecule has 35 heavy (non-hydrogen) atoms. The topological polar surface area (TPSA) is 79.0 Å². The normalized spacial score (nSPS) is 15.4. The van der Waals surface area contributed by atoms with Crippen LogP contribution < -0.4 is 15.0 Å². The number of halogens is 1. The van der Waals surface area contributed by atoms with Crippen molar-refractivity contribution in [1.29, 1.82) is 0 Å². The fourth-order valence-corrected chi connectivity index (χ4v) is 4.12. The van der Waals surface area contributed by atoms with Gasteiger partial charge < -0.3 is 15.0 Å². The fraction of sp³-hybridized carbons (Fsp3) is 0.222. The summed E-state index contributed by atoms with van der Waals surface area (Å²) in [4.78, 5) is 42.1. The third-order valence-corrected chi connectivity index (χ3v) is 5.97. The summed E-state index contributed by atoms with van der Waals surface area (Å²) < 4.78 is 5.42. The highest BCUT2D eigenvalue weighted by molar-refractivity contribution is 6.30. The van der Waals surface area contributed by atoms with Gasteiger partial charge in [0.15, 0.2) is 0 Å². The molecular weight excluding hydrogens is 466 g/mol. The molecule has 1 fully saturated rings. The Balaban J connectivity index is 1.51. The summed E-state index contributed by atoms with van der Waals surface area (Å²) in [5, 5.41) is 3.44. The second kappa shape index (κ2) is 11.1. The maximum atomic E-state index is 13.3. The number of carbonyl (C=O) groups is 3. The van der Waals surface area contributed by atoms with Crippen molar-refractivity contribution in [2.75, 3.05) is 23.4 Å². The Morgan fingerprint density at radius 3 is 2.31 bits per heavy atom. The van der Waals surface area contributed by atoms with E-state index in [0.717, 1.165) is 10.5 Å². The maximum Gasteiger partial charge on any atom is 0.332 e. The minimum atomic E-state index is -0.905. The standard InChI is InChI=1S/C27H26ClN3O4/c1-2-35-23-14-12-21(13-15-23)29-25(32)18-24-26(33)31(22-6-4-3-5-7-22)27(34)30(24)17-16-19-8-10-20(28)11-9-19/h3-15,24H,2,16-18H2,1H3,(H,29,32)/t24-/m1/s1. The molecule has 1 aliphatic rings. The van der Waals surface area contributed by atoms with Crippen molar-refractivity contribution in [3.8, 4) is 5.75 Å². The van der Waals surface area contributed by atoms with Crippen LogP contribution in [-0.4, -0.2) is 41.9 Å². The molecule has 8 heteroatoms. The number of hydrogen-bond donors (Lipinski definition) is 1. The van der Waals surface area contributed by atoms with Crippen LogP contribution in [0.2, 0.25) is 5.02 Å². The average Bonchev–Trinajstić information content (AvgIpc) is 3.09. The third kappa shape index (κ3) is 5.81. The first-order chi connectivity index (χ1) is 17.0. The van der Waals surface area contributed by atoms with E-state index in [4.69, 9.17) is 16.3 Å². The molecule has 4 rings (SSSR count). The minimum absolute atomic E-state index is 0.151. The smallest absolute Gasteiger partial charge is 0.332 e. The Bertz CT molecular complexity index is 1180. The van der Waals surface area contributed by atoms with Crippen molar-refractivity contribution in [3.05, 3.63) is 89.4 Å². The summed E-state index contributed by atoms with van der Waals surface area (Å²) in [5.41, 5.74) is 2.04. The summed E-state index contributed by atoms with van der Waals surface area (Å²) in [6, 6.07) is 21.7. The summed E-state index contributed by atoms with van der Waals surface area (Å²) in [7, 11) is 0. The van der Waals surface area contributed by atoms with Gasteiger partial charge >= 0.3 is 6.03 Å². The Hall–Kier alpha value is -3.84. The molecule has 0 unspecified atom stereocenters. The number of nitrogens with zero attached hydrogens (tertiary/aromatic N) is 2. The second-order valence-electron chi connectivity index (χ2n) is 8.09. The van der Waals surface area contributed by atoms with Gasteiger partial charge in [-0.25, -0.2) is 9.69 Å². The lowest BCUT2D eigenvalue weighted by molar-refractivity contribution is -0.124. The van der Waals surface area contributed by atoms with E-state index in [1.54, 1.807) is 60.7 Å². The molecule has 0 saturated carbocycles. The lowest BCUT2D eigenvalue weighted by atomic mass is 10.1. The SMILES string of the molecule is CCOc1ccc(NC(=O)C[C@@H]2C(=O)N(c3ccccc3)C(=O)N2CCc2ccc(Cl)cc2)cc1. The van der Waals surface area contributed by atoms with E-state index in [2.05, 4.69) is 5.32 Å². The highest BCUT2D eigenvalue weighted by atomic mass is 35.5. The zero-order valence-corrected chi connectivity index (χ0v) is 20.1. The molecule has 0 spiro atoms. The summed E-state index contributed by atoms with van der Waals surface area (Å²) in [5.74, 6) is -0.0696. The van der Waals surface area contributed by atoms with E-state index in [0.29, 0.717) is 35.2 Å². The number of amides is 4. The van der Waals surface area contributed by atoms with Gasteiger partial charge in [-0.3, -0.25) is 9.59 Å². The van der Waals surface area contributed by atoms with Crippen molar-refractivity contribution in [3.63, 3.8) is 0 Å². The Morgan fingerprint density at radius 1 is 0.971 bits per heavy atom. The summed E-state index contributed by atoms with van der Waals surface area (Å²) in [6.07, 6.45) is 0.373. The van der Waals surface area contributed by atoms with E-state index >= 15 is 0 Å². The number of anilines is 2. The molecule has 1 heterocycles. The van der Waals surface area contributed by atoms with E-state index in [-0.39, 0.29) is 18.9 Å². The zero-order chi connectivity index (χ0) is 24.8. The molecule has 1 saturated heterocycles. The van der Waals surface area contributed by atoms with Crippen LogP contribution >= 0.6 is 11.6 Å². The van der Waals surface area contributed by atoms with Gasteiger partial charge in [-0.2, -0.15) is 0 Å². The van der Waals surface area contributed by atoms with E-state index in [1.807, 2.05) is 25.1 Å². The monoisotopic (exact) mass is 491 g/mol. The van der Waals surface area contributed by atoms with Crippen LogP contribution in [0.25, 0.3) is 0 Å². The third-order valence-electron chi connectivity index (χ3n) is 5.72. The highest BCUT2D eigenvalue weighted by Gasteiger charge is 2.46. The van der Waals surface area contributed by atoms with Gasteiger partial charge in [0.05, 0.1) is 18.7 Å².